The van der Waals surface area contributed by atoms with E-state index in [0.717, 1.165) is 19.1 Å². The van der Waals surface area contributed by atoms with E-state index >= 15 is 0 Å². The van der Waals surface area contributed by atoms with Crippen molar-refractivity contribution >= 4 is 0 Å². The Morgan fingerprint density at radius 3 is 2.67 bits per heavy atom. The quantitative estimate of drug-likeness (QED) is 0.692. The van der Waals surface area contributed by atoms with Crippen LogP contribution < -0.4 is 5.32 Å². The molecule has 2 rings (SSSR count). The van der Waals surface area contributed by atoms with Gasteiger partial charge in [-0.2, -0.15) is 0 Å². The van der Waals surface area contributed by atoms with Crippen molar-refractivity contribution in [2.75, 3.05) is 19.8 Å². The number of nitrogens with one attached hydrogen (secondary N) is 1. The zero-order valence-corrected chi connectivity index (χ0v) is 7.72. The Morgan fingerprint density at radius 2 is 2.08 bits per heavy atom. The van der Waals surface area contributed by atoms with Crippen LogP contribution >= 0.6 is 0 Å². The first kappa shape index (κ1) is 8.52. The third-order valence-electron chi connectivity index (χ3n) is 3.08. The summed E-state index contributed by atoms with van der Waals surface area (Å²) in [5.41, 5.74) is 0. The Labute approximate surface area is 74.7 Å². The van der Waals surface area contributed by atoms with Gasteiger partial charge in [0.25, 0.3) is 0 Å². The van der Waals surface area contributed by atoms with Crippen LogP contribution in [0.2, 0.25) is 0 Å². The summed E-state index contributed by atoms with van der Waals surface area (Å²) in [6.07, 6.45) is 6.89. The van der Waals surface area contributed by atoms with Gasteiger partial charge in [0.05, 0.1) is 6.61 Å². The van der Waals surface area contributed by atoms with E-state index in [9.17, 15) is 0 Å². The van der Waals surface area contributed by atoms with Crippen molar-refractivity contribution in [3.63, 3.8) is 0 Å². The largest absolute Gasteiger partial charge is 0.380 e. The molecule has 2 nitrogen and oxygen atoms in total. The van der Waals surface area contributed by atoms with Crippen LogP contribution in [-0.4, -0.2) is 25.8 Å². The second kappa shape index (κ2) is 4.24. The van der Waals surface area contributed by atoms with E-state index < -0.39 is 0 Å². The van der Waals surface area contributed by atoms with Crippen LogP contribution in [0.1, 0.15) is 32.1 Å². The maximum Gasteiger partial charge on any atom is 0.0619 e. The summed E-state index contributed by atoms with van der Waals surface area (Å²) in [4.78, 5) is 0. The van der Waals surface area contributed by atoms with Crippen LogP contribution in [0.15, 0.2) is 0 Å². The lowest BCUT2D eigenvalue weighted by atomic mass is 9.85. The Bertz CT molecular complexity index is 128. The lowest BCUT2D eigenvalue weighted by Gasteiger charge is -2.29. The van der Waals surface area contributed by atoms with E-state index in [0.29, 0.717) is 6.04 Å². The minimum atomic E-state index is 0.652. The summed E-state index contributed by atoms with van der Waals surface area (Å²) in [5, 5.41) is 3.60. The first-order valence-electron chi connectivity index (χ1n) is 5.26. The van der Waals surface area contributed by atoms with Crippen LogP contribution in [-0.2, 0) is 4.74 Å². The highest BCUT2D eigenvalue weighted by atomic mass is 16.5. The SMILES string of the molecule is C1CC(CNC2CCCOC2)C1. The summed E-state index contributed by atoms with van der Waals surface area (Å²) < 4.78 is 5.40. The van der Waals surface area contributed by atoms with E-state index in [-0.39, 0.29) is 0 Å². The van der Waals surface area contributed by atoms with Gasteiger partial charge in [0.15, 0.2) is 0 Å². The fourth-order valence-electron chi connectivity index (χ4n) is 1.93. The van der Waals surface area contributed by atoms with Crippen molar-refractivity contribution in [2.24, 2.45) is 5.92 Å². The fraction of sp³-hybridized carbons (Fsp3) is 1.00. The molecule has 1 aliphatic heterocycles. The molecule has 1 saturated carbocycles. The minimum Gasteiger partial charge on any atom is -0.380 e. The van der Waals surface area contributed by atoms with Gasteiger partial charge >= 0.3 is 0 Å². The molecule has 2 aliphatic rings. The average Bonchev–Trinajstić information content (AvgIpc) is 2.04. The second-order valence-electron chi connectivity index (χ2n) is 4.12. The van der Waals surface area contributed by atoms with Gasteiger partial charge in [-0.15, -0.1) is 0 Å². The standard InChI is InChI=1S/C10H19NO/c1-3-9(4-1)7-11-10-5-2-6-12-8-10/h9-11H,1-8H2. The lowest BCUT2D eigenvalue weighted by molar-refractivity contribution is 0.0674. The van der Waals surface area contributed by atoms with Crippen LogP contribution in [0.25, 0.3) is 0 Å². The highest BCUT2D eigenvalue weighted by Crippen LogP contribution is 2.25. The number of hydrogen-bond acceptors (Lipinski definition) is 2. The molecule has 1 heterocycles. The molecule has 1 aliphatic carbocycles. The summed E-state index contributed by atoms with van der Waals surface area (Å²) in [6.45, 7) is 3.14. The summed E-state index contributed by atoms with van der Waals surface area (Å²) in [7, 11) is 0. The molecule has 2 fully saturated rings. The normalized spacial score (nSPS) is 31.5. The second-order valence-corrected chi connectivity index (χ2v) is 4.12. The van der Waals surface area contributed by atoms with Crippen molar-refractivity contribution in [1.29, 1.82) is 0 Å². The first-order chi connectivity index (χ1) is 5.95. The van der Waals surface area contributed by atoms with Gasteiger partial charge in [0.2, 0.25) is 0 Å². The van der Waals surface area contributed by atoms with Crippen molar-refractivity contribution in [3.05, 3.63) is 0 Å². The molecule has 1 unspecified atom stereocenters. The highest BCUT2D eigenvalue weighted by Gasteiger charge is 2.19. The molecule has 70 valence electrons. The third-order valence-corrected chi connectivity index (χ3v) is 3.08. The van der Waals surface area contributed by atoms with Crippen LogP contribution in [0.5, 0.6) is 0 Å². The molecule has 1 saturated heterocycles. The van der Waals surface area contributed by atoms with Crippen LogP contribution in [0.4, 0.5) is 0 Å². The molecule has 0 aromatic carbocycles. The Morgan fingerprint density at radius 1 is 1.17 bits per heavy atom. The smallest absolute Gasteiger partial charge is 0.0619 e. The molecule has 0 amide bonds. The van der Waals surface area contributed by atoms with Crippen molar-refractivity contribution in [2.45, 2.75) is 38.1 Å². The molecule has 0 radical (unpaired) electrons. The number of ether oxygens (including phenoxy) is 1. The monoisotopic (exact) mass is 169 g/mol. The van der Waals surface area contributed by atoms with Gasteiger partial charge in [-0.05, 0) is 38.1 Å². The molecule has 0 spiro atoms. The Hall–Kier alpha value is -0.0800. The van der Waals surface area contributed by atoms with Gasteiger partial charge in [-0.3, -0.25) is 0 Å². The van der Waals surface area contributed by atoms with E-state index in [1.165, 1.54) is 38.6 Å². The molecular weight excluding hydrogens is 150 g/mol. The zero-order chi connectivity index (χ0) is 8.23. The Balaban J connectivity index is 1.58. The molecule has 1 atom stereocenters. The topological polar surface area (TPSA) is 21.3 Å². The first-order valence-corrected chi connectivity index (χ1v) is 5.26. The van der Waals surface area contributed by atoms with E-state index in [2.05, 4.69) is 5.32 Å². The molecule has 2 heteroatoms. The van der Waals surface area contributed by atoms with Crippen molar-refractivity contribution in [1.82, 2.24) is 5.32 Å². The van der Waals surface area contributed by atoms with Gasteiger partial charge in [-0.1, -0.05) is 6.42 Å². The number of hydrogen-bond donors (Lipinski definition) is 1. The minimum absolute atomic E-state index is 0.652. The van der Waals surface area contributed by atoms with E-state index in [4.69, 9.17) is 4.74 Å². The molecular formula is C10H19NO. The van der Waals surface area contributed by atoms with Gasteiger partial charge in [0.1, 0.15) is 0 Å². The maximum absolute atomic E-state index is 5.40. The molecule has 12 heavy (non-hydrogen) atoms. The van der Waals surface area contributed by atoms with Crippen molar-refractivity contribution in [3.8, 4) is 0 Å². The van der Waals surface area contributed by atoms with Crippen LogP contribution in [0.3, 0.4) is 0 Å². The van der Waals surface area contributed by atoms with Gasteiger partial charge in [0, 0.05) is 12.6 Å². The van der Waals surface area contributed by atoms with Gasteiger partial charge < -0.3 is 10.1 Å². The lowest BCUT2D eigenvalue weighted by Crippen LogP contribution is -2.40. The number of rotatable bonds is 3. The maximum atomic E-state index is 5.40. The highest BCUT2D eigenvalue weighted by molar-refractivity contribution is 4.76. The molecule has 0 aromatic rings. The summed E-state index contributed by atoms with van der Waals surface area (Å²) in [5.74, 6) is 0.979. The molecule has 0 aromatic heterocycles. The third kappa shape index (κ3) is 2.20. The molecule has 1 N–H and O–H groups in total. The summed E-state index contributed by atoms with van der Waals surface area (Å²) in [6, 6.07) is 0.652. The van der Waals surface area contributed by atoms with E-state index in [1.807, 2.05) is 0 Å². The van der Waals surface area contributed by atoms with Gasteiger partial charge in [-0.25, -0.2) is 0 Å². The van der Waals surface area contributed by atoms with Crippen LogP contribution in [0, 0.1) is 5.92 Å². The predicted octanol–water partition coefficient (Wildman–Crippen LogP) is 1.56. The molecule has 0 bridgehead atoms. The summed E-state index contributed by atoms with van der Waals surface area (Å²) >= 11 is 0. The average molecular weight is 169 g/mol. The Kier molecular flexibility index (Phi) is 3.01. The van der Waals surface area contributed by atoms with Crippen molar-refractivity contribution < 1.29 is 4.74 Å². The fourth-order valence-corrected chi connectivity index (χ4v) is 1.93. The predicted molar refractivity (Wildman–Crippen MR) is 49.2 cm³/mol. The zero-order valence-electron chi connectivity index (χ0n) is 7.72. The van der Waals surface area contributed by atoms with E-state index in [1.54, 1.807) is 0 Å².